The van der Waals surface area contributed by atoms with Gasteiger partial charge in [0.15, 0.2) is 11.2 Å². The summed E-state index contributed by atoms with van der Waals surface area (Å²) in [5, 5.41) is 40.4. The molecule has 0 unspecified atom stereocenters. The fourth-order valence-electron chi connectivity index (χ4n) is 4.62. The molecule has 2 aromatic heterocycles. The minimum atomic E-state index is -1.63. The Balaban J connectivity index is 1.28. The van der Waals surface area contributed by atoms with E-state index in [1.54, 1.807) is 12.1 Å². The van der Waals surface area contributed by atoms with Gasteiger partial charge in [0, 0.05) is 30.0 Å². The molecular formula is C29H34N12O11S. The van der Waals surface area contributed by atoms with Crippen molar-refractivity contribution in [2.45, 2.75) is 50.0 Å². The van der Waals surface area contributed by atoms with Crippen LogP contribution in [0.25, 0.3) is 11.2 Å². The predicted octanol–water partition coefficient (Wildman–Crippen LogP) is -3.36. The topological polar surface area (TPSA) is 362 Å². The first kappa shape index (κ1) is 39.4. The van der Waals surface area contributed by atoms with Crippen molar-refractivity contribution in [2.24, 2.45) is 0 Å². The van der Waals surface area contributed by atoms with Crippen molar-refractivity contribution in [1.82, 2.24) is 51.5 Å². The minimum Gasteiger partial charge on any atom is -0.481 e. The summed E-state index contributed by atoms with van der Waals surface area (Å²) in [6, 6.07) is 0.181. The number of aromatic amines is 1. The Kier molecular flexibility index (Phi) is 13.5. The Hall–Kier alpha value is -6.40. The first-order chi connectivity index (χ1) is 25.2. The first-order valence-electron chi connectivity index (χ1n) is 15.5. The van der Waals surface area contributed by atoms with Gasteiger partial charge in [0.1, 0.15) is 24.2 Å². The van der Waals surface area contributed by atoms with Crippen LogP contribution in [0.4, 0.5) is 11.6 Å². The number of carboxylic acids is 3. The van der Waals surface area contributed by atoms with Gasteiger partial charge in [-0.15, -0.1) is 0 Å². The van der Waals surface area contributed by atoms with E-state index in [-0.39, 0.29) is 41.4 Å². The van der Waals surface area contributed by atoms with Gasteiger partial charge in [-0.25, -0.2) is 29.8 Å². The van der Waals surface area contributed by atoms with Crippen LogP contribution < -0.4 is 48.1 Å². The molecule has 4 atom stereocenters. The highest BCUT2D eigenvalue weighted by Crippen LogP contribution is 2.13. The average Bonchev–Trinajstić information content (AvgIpc) is 3.12. The largest absolute Gasteiger partial charge is 0.481 e. The number of benzene rings is 1. The summed E-state index contributed by atoms with van der Waals surface area (Å²) >= 11 is 0.784. The molecule has 1 aromatic carbocycles. The number of hydrogen-bond acceptors (Lipinski definition) is 16. The Bertz CT molecular complexity index is 1940. The number of nitrogen functional groups attached to an aromatic ring is 1. The molecule has 0 radical (unpaired) electrons. The average molecular weight is 759 g/mol. The Labute approximate surface area is 301 Å². The lowest BCUT2D eigenvalue weighted by Gasteiger charge is -2.22. The molecule has 0 bridgehead atoms. The molecule has 1 aliphatic rings. The highest BCUT2D eigenvalue weighted by Gasteiger charge is 2.32. The zero-order chi connectivity index (χ0) is 38.7. The molecule has 0 saturated carbocycles. The second-order valence-corrected chi connectivity index (χ2v) is 12.1. The summed E-state index contributed by atoms with van der Waals surface area (Å²) < 4.78 is 0. The highest BCUT2D eigenvalue weighted by atomic mass is 32.2. The fraction of sp³-hybridized carbons (Fsp3) is 0.345. The number of amides is 4. The van der Waals surface area contributed by atoms with Crippen molar-refractivity contribution >= 4 is 76.3 Å². The van der Waals surface area contributed by atoms with Crippen LogP contribution in [-0.4, -0.2) is 113 Å². The molecule has 3 heterocycles. The van der Waals surface area contributed by atoms with E-state index in [1.807, 2.05) is 0 Å². The van der Waals surface area contributed by atoms with Gasteiger partial charge in [0.2, 0.25) is 23.7 Å². The van der Waals surface area contributed by atoms with Crippen LogP contribution in [0.1, 0.15) is 35.3 Å². The lowest BCUT2D eigenvalue weighted by atomic mass is 10.1. The van der Waals surface area contributed by atoms with Gasteiger partial charge in [0.05, 0.1) is 24.9 Å². The second-order valence-electron chi connectivity index (χ2n) is 11.3. The third-order valence-corrected chi connectivity index (χ3v) is 8.13. The number of nitrogens with one attached hydrogen (secondary N) is 8. The molecular weight excluding hydrogens is 724 g/mol. The van der Waals surface area contributed by atoms with E-state index in [0.717, 1.165) is 11.9 Å². The van der Waals surface area contributed by atoms with E-state index < -0.39 is 90.6 Å². The van der Waals surface area contributed by atoms with Crippen molar-refractivity contribution in [3.05, 3.63) is 52.1 Å². The summed E-state index contributed by atoms with van der Waals surface area (Å²) in [5.74, 6) is -7.94. The van der Waals surface area contributed by atoms with Gasteiger partial charge in [0.25, 0.3) is 11.5 Å². The van der Waals surface area contributed by atoms with Crippen LogP contribution >= 0.6 is 11.9 Å². The van der Waals surface area contributed by atoms with Crippen molar-refractivity contribution in [3.63, 3.8) is 0 Å². The SMILES string of the molecule is Nc1nc2ncc(CNc3ccc(C(=O)N[C@H](CCC(=O)NC[C@@H]4NNSC[C@@H](C(=O)O)NC(=O)[C@H](CC(=O)O)NC4=O)C(=O)O)cc3)nc2c(=O)[nH]1. The molecule has 24 heteroatoms. The third kappa shape index (κ3) is 11.6. The maximum atomic E-state index is 12.9. The monoisotopic (exact) mass is 758 g/mol. The van der Waals surface area contributed by atoms with Gasteiger partial charge in [-0.3, -0.25) is 33.8 Å². The zero-order valence-electron chi connectivity index (χ0n) is 27.4. The number of H-pyrrole nitrogens is 1. The molecule has 13 N–H and O–H groups in total. The Morgan fingerprint density at radius 1 is 0.981 bits per heavy atom. The van der Waals surface area contributed by atoms with Gasteiger partial charge in [-0.1, -0.05) is 11.9 Å². The molecule has 0 aliphatic carbocycles. The lowest BCUT2D eigenvalue weighted by Crippen LogP contribution is -2.58. The van der Waals surface area contributed by atoms with E-state index >= 15 is 0 Å². The molecule has 1 saturated heterocycles. The number of anilines is 2. The van der Waals surface area contributed by atoms with Crippen molar-refractivity contribution in [3.8, 4) is 0 Å². The van der Waals surface area contributed by atoms with Crippen LogP contribution in [0, 0.1) is 0 Å². The number of aromatic nitrogens is 4. The quantitative estimate of drug-likeness (QED) is 0.0714. The van der Waals surface area contributed by atoms with Crippen LogP contribution in [0.2, 0.25) is 0 Å². The molecule has 1 aliphatic heterocycles. The maximum absolute atomic E-state index is 12.9. The minimum absolute atomic E-state index is 0.0101. The zero-order valence-corrected chi connectivity index (χ0v) is 28.2. The smallest absolute Gasteiger partial charge is 0.327 e. The van der Waals surface area contributed by atoms with Crippen LogP contribution in [0.5, 0.6) is 0 Å². The van der Waals surface area contributed by atoms with E-state index in [2.05, 4.69) is 56.8 Å². The van der Waals surface area contributed by atoms with E-state index in [9.17, 15) is 53.7 Å². The molecule has 3 aromatic rings. The molecule has 0 spiro atoms. The van der Waals surface area contributed by atoms with Crippen LogP contribution in [-0.2, 0) is 35.3 Å². The number of carbonyl (C=O) groups is 7. The summed E-state index contributed by atoms with van der Waals surface area (Å²) in [5.41, 5.74) is 8.72. The predicted molar refractivity (Wildman–Crippen MR) is 184 cm³/mol. The number of aliphatic carboxylic acids is 3. The fourth-order valence-corrected chi connectivity index (χ4v) is 5.32. The van der Waals surface area contributed by atoms with Crippen LogP contribution in [0.15, 0.2) is 35.3 Å². The molecule has 53 heavy (non-hydrogen) atoms. The lowest BCUT2D eigenvalue weighted by molar-refractivity contribution is -0.143. The molecule has 1 fully saturated rings. The van der Waals surface area contributed by atoms with E-state index in [4.69, 9.17) is 5.73 Å². The molecule has 282 valence electrons. The molecule has 4 rings (SSSR count). The van der Waals surface area contributed by atoms with Gasteiger partial charge in [-0.2, -0.15) is 4.98 Å². The standard InChI is InChI=1S/C29H34N12O11S/c30-29-38-22-21(26(48)39-29)34-14(9-33-22)8-31-13-3-1-12(2-4-13)23(45)35-15(27(49)50)5-6-19(42)32-10-17-25(47)36-16(7-20(43)44)24(46)37-18(28(51)52)11-53-41-40-17/h1-4,9,15-18,31,40-41H,5-8,10-11H2,(H,32,42)(H,35,45)(H,36,47)(H,37,46)(H,43,44)(H,49,50)(H,51,52)(H3,30,33,38,39,48)/t15-,16+,17+,18+/m1/s1. The van der Waals surface area contributed by atoms with Crippen LogP contribution in [0.3, 0.4) is 0 Å². The number of hydrogen-bond donors (Lipinski definition) is 12. The second kappa shape index (κ2) is 18.2. The summed E-state index contributed by atoms with van der Waals surface area (Å²) in [4.78, 5) is 115. The first-order valence-corrected chi connectivity index (χ1v) is 16.5. The van der Waals surface area contributed by atoms with E-state index in [1.165, 1.54) is 18.3 Å². The Morgan fingerprint density at radius 3 is 2.38 bits per heavy atom. The van der Waals surface area contributed by atoms with E-state index in [0.29, 0.717) is 11.4 Å². The van der Waals surface area contributed by atoms with Gasteiger partial charge in [-0.05, 0) is 30.7 Å². The number of nitrogens with two attached hydrogens (primary N) is 1. The van der Waals surface area contributed by atoms with Crippen molar-refractivity contribution in [2.75, 3.05) is 23.3 Å². The normalized spacial score (nSPS) is 18.4. The Morgan fingerprint density at radius 2 is 1.70 bits per heavy atom. The third-order valence-electron chi connectivity index (χ3n) is 7.37. The number of rotatable bonds is 14. The number of hydrazine groups is 1. The summed E-state index contributed by atoms with van der Waals surface area (Å²) in [6.07, 6.45) is -0.164. The number of nitrogens with zero attached hydrogens (tertiary/aromatic N) is 3. The van der Waals surface area contributed by atoms with Gasteiger partial charge < -0.3 is 47.6 Å². The van der Waals surface area contributed by atoms with Gasteiger partial charge >= 0.3 is 17.9 Å². The summed E-state index contributed by atoms with van der Waals surface area (Å²) in [7, 11) is 0. The molecule has 23 nitrogen and oxygen atoms in total. The highest BCUT2D eigenvalue weighted by molar-refractivity contribution is 7.97. The summed E-state index contributed by atoms with van der Waals surface area (Å²) in [6.45, 7) is -0.251. The van der Waals surface area contributed by atoms with Crippen molar-refractivity contribution < 1.29 is 48.9 Å². The molecule has 4 amide bonds. The van der Waals surface area contributed by atoms with Crippen molar-refractivity contribution in [1.29, 1.82) is 0 Å². The number of fused-ring (bicyclic) bond motifs is 1. The maximum Gasteiger partial charge on any atom is 0.327 e. The number of carbonyl (C=O) groups excluding carboxylic acids is 4. The number of carboxylic acid groups (broad SMARTS) is 3.